The molecule has 0 radical (unpaired) electrons. The normalized spacial score (nSPS) is 20.6. The third-order valence-electron chi connectivity index (χ3n) is 5.49. The molecule has 0 spiro atoms. The van der Waals surface area contributed by atoms with Crippen LogP contribution in [0.2, 0.25) is 0 Å². The number of rotatable bonds is 4. The summed E-state index contributed by atoms with van der Waals surface area (Å²) < 4.78 is 7.83. The first-order valence-electron chi connectivity index (χ1n) is 10.4. The van der Waals surface area contributed by atoms with E-state index >= 15 is 0 Å². The zero-order valence-corrected chi connectivity index (χ0v) is 17.7. The minimum absolute atomic E-state index is 0.00416. The van der Waals surface area contributed by atoms with Crippen molar-refractivity contribution in [2.75, 3.05) is 0 Å². The number of ether oxygens (including phenoxy) is 1. The monoisotopic (exact) mass is 399 g/mol. The van der Waals surface area contributed by atoms with E-state index in [0.717, 1.165) is 40.6 Å². The Morgan fingerprint density at radius 3 is 2.46 bits per heavy atom. The summed E-state index contributed by atoms with van der Waals surface area (Å²) in [6, 6.07) is 8.47. The molecule has 1 atom stereocenters. The molecule has 4 rings (SSSR count). The molecule has 1 aromatic carbocycles. The molecule has 28 heavy (non-hydrogen) atoms. The van der Waals surface area contributed by atoms with E-state index < -0.39 is 0 Å². The first kappa shape index (κ1) is 19.4. The maximum Gasteiger partial charge on any atom is 0.271 e. The molecule has 1 aliphatic heterocycles. The van der Waals surface area contributed by atoms with Crippen molar-refractivity contribution < 1.29 is 4.74 Å². The van der Waals surface area contributed by atoms with Crippen molar-refractivity contribution in [3.05, 3.63) is 45.7 Å². The van der Waals surface area contributed by atoms with Crippen LogP contribution < -0.4 is 10.3 Å². The van der Waals surface area contributed by atoms with Crippen molar-refractivity contribution >= 4 is 22.6 Å². The van der Waals surface area contributed by atoms with Crippen molar-refractivity contribution in [2.45, 2.75) is 76.7 Å². The van der Waals surface area contributed by atoms with Gasteiger partial charge in [0.25, 0.3) is 5.56 Å². The predicted molar refractivity (Wildman–Crippen MR) is 116 cm³/mol. The number of hydrogen-bond acceptors (Lipinski definition) is 4. The van der Waals surface area contributed by atoms with Crippen LogP contribution in [0.25, 0.3) is 0 Å². The minimum Gasteiger partial charge on any atom is -0.491 e. The van der Waals surface area contributed by atoms with Gasteiger partial charge in [-0.25, -0.2) is 4.99 Å². The Morgan fingerprint density at radius 2 is 1.82 bits per heavy atom. The van der Waals surface area contributed by atoms with Crippen LogP contribution in [0.5, 0.6) is 5.75 Å². The molecule has 6 heteroatoms. The van der Waals surface area contributed by atoms with E-state index in [-0.39, 0.29) is 16.9 Å². The zero-order valence-electron chi connectivity index (χ0n) is 16.9. The Morgan fingerprint density at radius 1 is 1.14 bits per heavy atom. The Labute approximate surface area is 170 Å². The van der Waals surface area contributed by atoms with E-state index in [9.17, 15) is 4.79 Å². The van der Waals surface area contributed by atoms with Crippen LogP contribution in [0.15, 0.2) is 34.1 Å². The van der Waals surface area contributed by atoms with E-state index in [1.165, 1.54) is 25.7 Å². The van der Waals surface area contributed by atoms with Gasteiger partial charge < -0.3 is 4.74 Å². The standard InChI is InChI=1S/C22H29N3O2S/c1-14(2)27-18-12-10-16(11-13-18)20-19-21(23-15(3)28-20)25(24-22(19)26)17-8-6-4-5-7-9-17/h10-14,17,20H,4-9H2,1-3H3,(H,24,26)/t20-/m0/s1. The maximum absolute atomic E-state index is 12.9. The molecule has 0 saturated heterocycles. The molecule has 0 bridgehead atoms. The number of aromatic amines is 1. The fourth-order valence-corrected chi connectivity index (χ4v) is 5.32. The molecular formula is C22H29N3O2S. The summed E-state index contributed by atoms with van der Waals surface area (Å²) in [5.74, 6) is 1.69. The summed E-state index contributed by atoms with van der Waals surface area (Å²) in [6.45, 7) is 6.07. The summed E-state index contributed by atoms with van der Waals surface area (Å²) in [6.07, 6.45) is 7.39. The highest BCUT2D eigenvalue weighted by Crippen LogP contribution is 2.45. The molecule has 150 valence electrons. The van der Waals surface area contributed by atoms with Gasteiger partial charge in [0.1, 0.15) is 5.75 Å². The zero-order chi connectivity index (χ0) is 19.7. The first-order valence-corrected chi connectivity index (χ1v) is 11.2. The Bertz CT molecular complexity index is 903. The van der Waals surface area contributed by atoms with Gasteiger partial charge in [-0.05, 0) is 51.3 Å². The lowest BCUT2D eigenvalue weighted by Gasteiger charge is -2.23. The number of benzene rings is 1. The van der Waals surface area contributed by atoms with Gasteiger partial charge >= 0.3 is 0 Å². The van der Waals surface area contributed by atoms with Crippen molar-refractivity contribution in [1.82, 2.24) is 9.78 Å². The molecule has 1 aliphatic carbocycles. The second kappa shape index (κ2) is 8.19. The lowest BCUT2D eigenvalue weighted by atomic mass is 10.1. The summed E-state index contributed by atoms with van der Waals surface area (Å²) >= 11 is 1.66. The van der Waals surface area contributed by atoms with Crippen LogP contribution in [0.1, 0.15) is 81.7 Å². The number of hydrogen-bond donors (Lipinski definition) is 1. The third kappa shape index (κ3) is 3.93. The molecular weight excluding hydrogens is 370 g/mol. The Balaban J connectivity index is 1.70. The molecule has 1 N–H and O–H groups in total. The van der Waals surface area contributed by atoms with E-state index in [1.54, 1.807) is 11.8 Å². The van der Waals surface area contributed by atoms with Gasteiger partial charge in [-0.15, -0.1) is 0 Å². The van der Waals surface area contributed by atoms with Gasteiger partial charge in [-0.3, -0.25) is 14.6 Å². The van der Waals surface area contributed by atoms with Crippen molar-refractivity contribution in [1.29, 1.82) is 0 Å². The summed E-state index contributed by atoms with van der Waals surface area (Å²) in [5, 5.41) is 4.10. The first-order chi connectivity index (χ1) is 13.5. The summed E-state index contributed by atoms with van der Waals surface area (Å²) in [4.78, 5) is 17.7. The van der Waals surface area contributed by atoms with Gasteiger partial charge in [-0.2, -0.15) is 0 Å². The van der Waals surface area contributed by atoms with Gasteiger partial charge in [0.15, 0.2) is 5.82 Å². The van der Waals surface area contributed by atoms with E-state index in [4.69, 9.17) is 9.73 Å². The van der Waals surface area contributed by atoms with Crippen molar-refractivity contribution in [3.63, 3.8) is 0 Å². The lowest BCUT2D eigenvalue weighted by Crippen LogP contribution is -2.14. The molecule has 2 aliphatic rings. The maximum atomic E-state index is 12.9. The number of aromatic nitrogens is 2. The second-order valence-corrected chi connectivity index (χ2v) is 9.36. The molecule has 1 fully saturated rings. The average molecular weight is 400 g/mol. The molecule has 0 amide bonds. The number of nitrogens with one attached hydrogen (secondary N) is 1. The van der Waals surface area contributed by atoms with Crippen LogP contribution in [0.3, 0.4) is 0 Å². The number of aliphatic imine (C=N–C) groups is 1. The van der Waals surface area contributed by atoms with Gasteiger partial charge in [-0.1, -0.05) is 49.6 Å². The fourth-order valence-electron chi connectivity index (χ4n) is 4.22. The summed E-state index contributed by atoms with van der Waals surface area (Å²) in [5.41, 5.74) is 1.90. The van der Waals surface area contributed by atoms with Gasteiger partial charge in [0.2, 0.25) is 0 Å². The highest BCUT2D eigenvalue weighted by Gasteiger charge is 2.32. The lowest BCUT2D eigenvalue weighted by molar-refractivity contribution is 0.242. The van der Waals surface area contributed by atoms with Crippen molar-refractivity contribution in [2.24, 2.45) is 4.99 Å². The Hall–Kier alpha value is -1.95. The number of thioether (sulfide) groups is 1. The quantitative estimate of drug-likeness (QED) is 0.666. The van der Waals surface area contributed by atoms with Crippen LogP contribution in [-0.2, 0) is 0 Å². The van der Waals surface area contributed by atoms with Crippen LogP contribution in [-0.4, -0.2) is 20.9 Å². The molecule has 0 unspecified atom stereocenters. The number of nitrogens with zero attached hydrogens (tertiary/aromatic N) is 2. The molecule has 1 saturated carbocycles. The van der Waals surface area contributed by atoms with E-state index in [0.29, 0.717) is 6.04 Å². The molecule has 1 aromatic heterocycles. The molecule has 5 nitrogen and oxygen atoms in total. The third-order valence-corrected chi connectivity index (χ3v) is 6.67. The van der Waals surface area contributed by atoms with E-state index in [2.05, 4.69) is 21.9 Å². The predicted octanol–water partition coefficient (Wildman–Crippen LogP) is 5.75. The van der Waals surface area contributed by atoms with Gasteiger partial charge in [0.05, 0.1) is 28.0 Å². The van der Waals surface area contributed by atoms with Crippen LogP contribution in [0.4, 0.5) is 5.82 Å². The second-order valence-electron chi connectivity index (χ2n) is 8.06. The van der Waals surface area contributed by atoms with Gasteiger partial charge in [0, 0.05) is 0 Å². The summed E-state index contributed by atoms with van der Waals surface area (Å²) in [7, 11) is 0. The number of fused-ring (bicyclic) bond motifs is 1. The highest BCUT2D eigenvalue weighted by atomic mass is 32.2. The smallest absolute Gasteiger partial charge is 0.271 e. The van der Waals surface area contributed by atoms with Crippen molar-refractivity contribution in [3.8, 4) is 5.75 Å². The average Bonchev–Trinajstić information content (AvgIpc) is 2.84. The van der Waals surface area contributed by atoms with E-state index in [1.807, 2.05) is 32.9 Å². The highest BCUT2D eigenvalue weighted by molar-refractivity contribution is 8.14. The fraction of sp³-hybridized carbons (Fsp3) is 0.545. The Kier molecular flexibility index (Phi) is 5.67. The largest absolute Gasteiger partial charge is 0.491 e. The van der Waals surface area contributed by atoms with Crippen LogP contribution in [0, 0.1) is 0 Å². The van der Waals surface area contributed by atoms with Crippen LogP contribution >= 0.6 is 11.8 Å². The number of H-pyrrole nitrogens is 1. The SMILES string of the molecule is CC1=Nc2c(c(=O)[nH]n2C2CCCCCC2)[C@H](c2ccc(OC(C)C)cc2)S1. The molecule has 2 aromatic rings. The minimum atomic E-state index is -0.0311. The topological polar surface area (TPSA) is 59.4 Å². The molecule has 2 heterocycles.